The number of carbonyl (C=O) groups excluding carboxylic acids is 1. The third-order valence-electron chi connectivity index (χ3n) is 4.01. The van der Waals surface area contributed by atoms with Crippen molar-refractivity contribution >= 4 is 17.3 Å². The molecule has 1 rings (SSSR count). The van der Waals surface area contributed by atoms with E-state index in [0.29, 0.717) is 12.3 Å². The summed E-state index contributed by atoms with van der Waals surface area (Å²) < 4.78 is 0. The van der Waals surface area contributed by atoms with Gasteiger partial charge in [-0.25, -0.2) is 0 Å². The van der Waals surface area contributed by atoms with E-state index in [2.05, 4.69) is 50.0 Å². The Bertz CT molecular complexity index is 427. The maximum atomic E-state index is 12.2. The maximum absolute atomic E-state index is 12.2. The highest BCUT2D eigenvalue weighted by Gasteiger charge is 2.12. The molecule has 0 bridgehead atoms. The molecule has 118 valence electrons. The minimum Gasteiger partial charge on any atom is -0.372 e. The number of nitrogens with one attached hydrogen (secondary N) is 1. The highest BCUT2D eigenvalue weighted by atomic mass is 16.1. The molecule has 3 nitrogen and oxygen atoms in total. The van der Waals surface area contributed by atoms with E-state index >= 15 is 0 Å². The van der Waals surface area contributed by atoms with Gasteiger partial charge in [-0.2, -0.15) is 0 Å². The molecule has 21 heavy (non-hydrogen) atoms. The summed E-state index contributed by atoms with van der Waals surface area (Å²) in [4.78, 5) is 14.4. The van der Waals surface area contributed by atoms with Crippen molar-refractivity contribution in [2.24, 2.45) is 5.92 Å². The van der Waals surface area contributed by atoms with Crippen molar-refractivity contribution in [3.8, 4) is 0 Å². The summed E-state index contributed by atoms with van der Waals surface area (Å²) in [6, 6.07) is 8.12. The number of anilines is 2. The number of hydrogen-bond acceptors (Lipinski definition) is 2. The fourth-order valence-corrected chi connectivity index (χ4v) is 2.70. The Hall–Kier alpha value is -1.51. The number of rotatable bonds is 9. The lowest BCUT2D eigenvalue weighted by Gasteiger charge is -2.21. The third-order valence-corrected chi connectivity index (χ3v) is 4.01. The van der Waals surface area contributed by atoms with E-state index in [9.17, 15) is 4.79 Å². The Kier molecular flexibility index (Phi) is 7.88. The average Bonchev–Trinajstić information content (AvgIpc) is 2.48. The average molecular weight is 290 g/mol. The molecule has 1 N–H and O–H groups in total. The van der Waals surface area contributed by atoms with Gasteiger partial charge in [0.1, 0.15) is 0 Å². The van der Waals surface area contributed by atoms with Crippen LogP contribution in [-0.4, -0.2) is 19.0 Å². The lowest BCUT2D eigenvalue weighted by Crippen LogP contribution is -2.22. The lowest BCUT2D eigenvalue weighted by atomic mass is 9.96. The Labute approximate surface area is 129 Å². The monoisotopic (exact) mass is 290 g/mol. The van der Waals surface area contributed by atoms with Gasteiger partial charge < -0.3 is 10.2 Å². The molecule has 0 heterocycles. The lowest BCUT2D eigenvalue weighted by molar-refractivity contribution is -0.117. The van der Waals surface area contributed by atoms with Crippen LogP contribution in [0.2, 0.25) is 0 Å². The molecular weight excluding hydrogens is 260 g/mol. The second kappa shape index (κ2) is 9.43. The molecule has 0 aliphatic heterocycles. The first kappa shape index (κ1) is 17.5. The molecule has 0 fully saturated rings. The Morgan fingerprint density at radius 1 is 1.19 bits per heavy atom. The summed E-state index contributed by atoms with van der Waals surface area (Å²) in [6.45, 7) is 10.6. The van der Waals surface area contributed by atoms with E-state index in [0.717, 1.165) is 38.0 Å². The van der Waals surface area contributed by atoms with Gasteiger partial charge in [0.2, 0.25) is 5.91 Å². The van der Waals surface area contributed by atoms with E-state index in [1.807, 2.05) is 12.1 Å². The Morgan fingerprint density at radius 2 is 1.90 bits per heavy atom. The molecule has 0 saturated heterocycles. The minimum atomic E-state index is 0.131. The van der Waals surface area contributed by atoms with Crippen molar-refractivity contribution in [1.82, 2.24) is 0 Å². The third kappa shape index (κ3) is 5.78. The molecule has 1 atom stereocenters. The fourth-order valence-electron chi connectivity index (χ4n) is 2.70. The van der Waals surface area contributed by atoms with E-state index in [-0.39, 0.29) is 5.91 Å². The first-order chi connectivity index (χ1) is 10.1. The van der Waals surface area contributed by atoms with Gasteiger partial charge in [0.25, 0.3) is 0 Å². The van der Waals surface area contributed by atoms with Gasteiger partial charge in [0.05, 0.1) is 0 Å². The topological polar surface area (TPSA) is 32.3 Å². The van der Waals surface area contributed by atoms with Crippen molar-refractivity contribution in [3.05, 3.63) is 24.3 Å². The second-order valence-corrected chi connectivity index (χ2v) is 5.54. The van der Waals surface area contributed by atoms with Crippen LogP contribution in [0.15, 0.2) is 24.3 Å². The summed E-state index contributed by atoms with van der Waals surface area (Å²) in [5.41, 5.74) is 2.06. The van der Waals surface area contributed by atoms with Crippen LogP contribution in [0, 0.1) is 5.92 Å². The second-order valence-electron chi connectivity index (χ2n) is 5.54. The van der Waals surface area contributed by atoms with E-state index in [1.54, 1.807) is 0 Å². The summed E-state index contributed by atoms with van der Waals surface area (Å²) in [5.74, 6) is 0.632. The molecule has 0 aliphatic carbocycles. The molecule has 0 radical (unpaired) electrons. The molecule has 0 spiro atoms. The van der Waals surface area contributed by atoms with Gasteiger partial charge in [-0.15, -0.1) is 0 Å². The van der Waals surface area contributed by atoms with Crippen LogP contribution < -0.4 is 10.2 Å². The molecular formula is C18H30N2O. The summed E-state index contributed by atoms with van der Waals surface area (Å²) in [5, 5.41) is 3.04. The zero-order valence-corrected chi connectivity index (χ0v) is 14.0. The predicted octanol–water partition coefficient (Wildman–Crippen LogP) is 4.69. The van der Waals surface area contributed by atoms with Gasteiger partial charge in [0.15, 0.2) is 0 Å². The highest BCUT2D eigenvalue weighted by Crippen LogP contribution is 2.21. The van der Waals surface area contributed by atoms with Crippen LogP contribution in [0.1, 0.15) is 53.4 Å². The Morgan fingerprint density at radius 3 is 2.48 bits per heavy atom. The largest absolute Gasteiger partial charge is 0.372 e. The van der Waals surface area contributed by atoms with Crippen LogP contribution >= 0.6 is 0 Å². The smallest absolute Gasteiger partial charge is 0.224 e. The summed E-state index contributed by atoms with van der Waals surface area (Å²) in [7, 11) is 0. The van der Waals surface area contributed by atoms with Crippen LogP contribution in [0.4, 0.5) is 11.4 Å². The normalized spacial score (nSPS) is 12.0. The van der Waals surface area contributed by atoms with Gasteiger partial charge in [0, 0.05) is 30.9 Å². The number of carbonyl (C=O) groups is 1. The van der Waals surface area contributed by atoms with Gasteiger partial charge in [-0.3, -0.25) is 4.79 Å². The summed E-state index contributed by atoms with van der Waals surface area (Å²) in [6.07, 6.45) is 3.97. The Balaban J connectivity index is 2.65. The first-order valence-electron chi connectivity index (χ1n) is 8.29. The molecule has 1 unspecified atom stereocenters. The van der Waals surface area contributed by atoms with Crippen LogP contribution in [-0.2, 0) is 4.79 Å². The van der Waals surface area contributed by atoms with Crippen LogP contribution in [0.5, 0.6) is 0 Å². The molecule has 0 aromatic heterocycles. The van der Waals surface area contributed by atoms with Crippen LogP contribution in [0.25, 0.3) is 0 Å². The van der Waals surface area contributed by atoms with E-state index in [1.165, 1.54) is 5.69 Å². The quantitative estimate of drug-likeness (QED) is 0.715. The first-order valence-corrected chi connectivity index (χ1v) is 8.29. The van der Waals surface area contributed by atoms with Gasteiger partial charge >= 0.3 is 0 Å². The molecule has 0 aliphatic rings. The SMILES string of the molecule is CCCC(CC)CC(=O)Nc1cccc(N(CC)CC)c1. The van der Waals surface area contributed by atoms with Crippen molar-refractivity contribution in [2.45, 2.75) is 53.4 Å². The molecule has 0 saturated carbocycles. The molecule has 1 amide bonds. The zero-order chi connectivity index (χ0) is 15.7. The van der Waals surface area contributed by atoms with Crippen molar-refractivity contribution in [1.29, 1.82) is 0 Å². The van der Waals surface area contributed by atoms with Gasteiger partial charge in [-0.05, 0) is 38.0 Å². The highest BCUT2D eigenvalue weighted by molar-refractivity contribution is 5.91. The standard InChI is InChI=1S/C18H30N2O/c1-5-10-15(6-2)13-18(21)19-16-11-9-12-17(14-16)20(7-3)8-4/h9,11-12,14-15H,5-8,10,13H2,1-4H3,(H,19,21). The van der Waals surface area contributed by atoms with Crippen LogP contribution in [0.3, 0.4) is 0 Å². The van der Waals surface area contributed by atoms with E-state index in [4.69, 9.17) is 0 Å². The number of benzene rings is 1. The van der Waals surface area contributed by atoms with Crippen molar-refractivity contribution < 1.29 is 4.79 Å². The molecule has 3 heteroatoms. The van der Waals surface area contributed by atoms with Gasteiger partial charge in [-0.1, -0.05) is 39.2 Å². The van der Waals surface area contributed by atoms with Crippen molar-refractivity contribution in [3.63, 3.8) is 0 Å². The van der Waals surface area contributed by atoms with Crippen molar-refractivity contribution in [2.75, 3.05) is 23.3 Å². The summed E-state index contributed by atoms with van der Waals surface area (Å²) >= 11 is 0. The van der Waals surface area contributed by atoms with E-state index < -0.39 is 0 Å². The number of hydrogen-bond donors (Lipinski definition) is 1. The molecule has 1 aromatic carbocycles. The predicted molar refractivity (Wildman–Crippen MR) is 91.9 cm³/mol. The number of amides is 1. The zero-order valence-electron chi connectivity index (χ0n) is 14.0. The maximum Gasteiger partial charge on any atom is 0.224 e. The fraction of sp³-hybridized carbons (Fsp3) is 0.611. The molecule has 1 aromatic rings. The number of nitrogens with zero attached hydrogens (tertiary/aromatic N) is 1. The minimum absolute atomic E-state index is 0.131.